The number of amides is 1. The third-order valence-electron chi connectivity index (χ3n) is 4.19. The first kappa shape index (κ1) is 14.6. The summed E-state index contributed by atoms with van der Waals surface area (Å²) in [5.41, 5.74) is 0.879. The molecule has 0 aromatic heterocycles. The smallest absolute Gasteiger partial charge is 0.396 e. The van der Waals surface area contributed by atoms with Gasteiger partial charge in [-0.1, -0.05) is 30.3 Å². The number of ether oxygens (including phenoxy) is 2. The van der Waals surface area contributed by atoms with Gasteiger partial charge < -0.3 is 14.4 Å². The van der Waals surface area contributed by atoms with Gasteiger partial charge in [0.1, 0.15) is 12.6 Å². The summed E-state index contributed by atoms with van der Waals surface area (Å²) >= 11 is 0. The molecule has 1 saturated carbocycles. The fourth-order valence-corrected chi connectivity index (χ4v) is 2.98. The normalized spacial score (nSPS) is 25.3. The molecule has 6 heteroatoms. The van der Waals surface area contributed by atoms with Crippen LogP contribution in [0.1, 0.15) is 18.4 Å². The van der Waals surface area contributed by atoms with E-state index in [4.69, 9.17) is 4.74 Å². The van der Waals surface area contributed by atoms with E-state index < -0.39 is 23.9 Å². The molecule has 1 aliphatic heterocycles. The maximum Gasteiger partial charge on any atom is 0.396 e. The lowest BCUT2D eigenvalue weighted by molar-refractivity contribution is -0.164. The minimum atomic E-state index is -0.937. The molecule has 1 saturated heterocycles. The molecule has 116 valence electrons. The zero-order valence-corrected chi connectivity index (χ0v) is 12.2. The molecule has 0 spiro atoms. The first-order valence-electron chi connectivity index (χ1n) is 7.23. The van der Waals surface area contributed by atoms with Crippen LogP contribution in [-0.4, -0.2) is 41.9 Å². The second-order valence-corrected chi connectivity index (χ2v) is 5.61. The molecule has 0 bridgehead atoms. The molecule has 22 heavy (non-hydrogen) atoms. The molecule has 2 fully saturated rings. The van der Waals surface area contributed by atoms with Gasteiger partial charge >= 0.3 is 17.8 Å². The molecular weight excluding hydrogens is 286 g/mol. The number of piperidine rings is 1. The van der Waals surface area contributed by atoms with Gasteiger partial charge in [-0.3, -0.25) is 4.79 Å². The van der Waals surface area contributed by atoms with Crippen LogP contribution in [0.15, 0.2) is 30.3 Å². The summed E-state index contributed by atoms with van der Waals surface area (Å²) in [6.07, 6.45) is 1.40. The second-order valence-electron chi connectivity index (χ2n) is 5.61. The van der Waals surface area contributed by atoms with Gasteiger partial charge in [-0.05, 0) is 24.3 Å². The van der Waals surface area contributed by atoms with Crippen molar-refractivity contribution < 1.29 is 23.9 Å². The molecule has 1 aromatic carbocycles. The van der Waals surface area contributed by atoms with Crippen LogP contribution in [0.2, 0.25) is 0 Å². The Hall–Kier alpha value is -2.37. The number of carbonyl (C=O) groups is 3. The van der Waals surface area contributed by atoms with E-state index in [-0.39, 0.29) is 12.6 Å². The Balaban J connectivity index is 1.64. The number of hydrogen-bond acceptors (Lipinski definition) is 5. The van der Waals surface area contributed by atoms with Crippen LogP contribution < -0.4 is 0 Å². The van der Waals surface area contributed by atoms with E-state index in [1.165, 1.54) is 4.90 Å². The van der Waals surface area contributed by atoms with Crippen LogP contribution in [0.5, 0.6) is 0 Å². The average molecular weight is 303 g/mol. The number of benzene rings is 1. The Morgan fingerprint density at radius 1 is 1.18 bits per heavy atom. The SMILES string of the molecule is COC(=O)C(=O)N1C(C(=O)OCc2ccccc2)C[C@H]2C[C@H]21. The van der Waals surface area contributed by atoms with Crippen LogP contribution in [0.25, 0.3) is 0 Å². The van der Waals surface area contributed by atoms with E-state index in [0.717, 1.165) is 19.1 Å². The van der Waals surface area contributed by atoms with Crippen molar-refractivity contribution in [3.8, 4) is 0 Å². The summed E-state index contributed by atoms with van der Waals surface area (Å²) in [4.78, 5) is 37.1. The van der Waals surface area contributed by atoms with Gasteiger partial charge in [0.05, 0.1) is 7.11 Å². The zero-order chi connectivity index (χ0) is 15.7. The number of hydrogen-bond donors (Lipinski definition) is 0. The molecule has 1 aromatic rings. The van der Waals surface area contributed by atoms with E-state index in [0.29, 0.717) is 12.3 Å². The predicted molar refractivity (Wildman–Crippen MR) is 75.4 cm³/mol. The number of rotatable bonds is 3. The Morgan fingerprint density at radius 3 is 2.59 bits per heavy atom. The molecule has 3 atom stereocenters. The highest BCUT2D eigenvalue weighted by Crippen LogP contribution is 2.48. The van der Waals surface area contributed by atoms with E-state index >= 15 is 0 Å². The van der Waals surface area contributed by atoms with Crippen LogP contribution in [0, 0.1) is 5.92 Å². The van der Waals surface area contributed by atoms with E-state index in [1.54, 1.807) is 0 Å². The maximum absolute atomic E-state index is 12.2. The molecule has 1 aliphatic carbocycles. The summed E-state index contributed by atoms with van der Waals surface area (Å²) in [6, 6.07) is 8.61. The maximum atomic E-state index is 12.2. The van der Waals surface area contributed by atoms with Crippen molar-refractivity contribution in [1.29, 1.82) is 0 Å². The molecule has 0 radical (unpaired) electrons. The summed E-state index contributed by atoms with van der Waals surface area (Å²) in [5.74, 6) is -1.86. The third-order valence-corrected chi connectivity index (χ3v) is 4.19. The Morgan fingerprint density at radius 2 is 1.91 bits per heavy atom. The molecule has 6 nitrogen and oxygen atoms in total. The highest BCUT2D eigenvalue weighted by atomic mass is 16.5. The molecule has 1 unspecified atom stereocenters. The minimum absolute atomic E-state index is 0.0270. The lowest BCUT2D eigenvalue weighted by atomic mass is 10.1. The lowest BCUT2D eigenvalue weighted by Gasteiger charge is -2.24. The van der Waals surface area contributed by atoms with Crippen molar-refractivity contribution >= 4 is 17.8 Å². The Kier molecular flexibility index (Phi) is 3.83. The quantitative estimate of drug-likeness (QED) is 0.612. The lowest BCUT2D eigenvalue weighted by Crippen LogP contribution is -2.47. The van der Waals surface area contributed by atoms with Gasteiger partial charge in [0.25, 0.3) is 0 Å². The highest BCUT2D eigenvalue weighted by molar-refractivity contribution is 6.33. The van der Waals surface area contributed by atoms with E-state index in [9.17, 15) is 14.4 Å². The minimum Gasteiger partial charge on any atom is -0.462 e. The fraction of sp³-hybridized carbons (Fsp3) is 0.438. The van der Waals surface area contributed by atoms with Crippen molar-refractivity contribution in [3.63, 3.8) is 0 Å². The van der Waals surface area contributed by atoms with Crippen molar-refractivity contribution in [2.45, 2.75) is 31.5 Å². The highest BCUT2D eigenvalue weighted by Gasteiger charge is 2.57. The number of carbonyl (C=O) groups excluding carboxylic acids is 3. The van der Waals surface area contributed by atoms with Crippen molar-refractivity contribution in [2.75, 3.05) is 7.11 Å². The summed E-state index contributed by atoms with van der Waals surface area (Å²) in [5, 5.41) is 0. The van der Waals surface area contributed by atoms with Crippen LogP contribution in [-0.2, 0) is 30.5 Å². The van der Waals surface area contributed by atoms with Crippen molar-refractivity contribution in [2.24, 2.45) is 5.92 Å². The summed E-state index contributed by atoms with van der Waals surface area (Å²) in [7, 11) is 1.16. The monoisotopic (exact) mass is 303 g/mol. The van der Waals surface area contributed by atoms with Crippen LogP contribution >= 0.6 is 0 Å². The molecule has 1 amide bonds. The fourth-order valence-electron chi connectivity index (χ4n) is 2.98. The van der Waals surface area contributed by atoms with E-state index in [2.05, 4.69) is 4.74 Å². The topological polar surface area (TPSA) is 72.9 Å². The van der Waals surface area contributed by atoms with Gasteiger partial charge in [0.2, 0.25) is 0 Å². The van der Waals surface area contributed by atoms with Gasteiger partial charge in [0, 0.05) is 6.04 Å². The average Bonchev–Trinajstić information content (AvgIpc) is 3.22. The Labute approximate surface area is 128 Å². The van der Waals surface area contributed by atoms with E-state index in [1.807, 2.05) is 30.3 Å². The number of nitrogens with zero attached hydrogens (tertiary/aromatic N) is 1. The second kappa shape index (κ2) is 5.79. The van der Waals surface area contributed by atoms with Crippen molar-refractivity contribution in [3.05, 3.63) is 35.9 Å². The molecule has 2 aliphatic rings. The molecular formula is C16H17NO5. The zero-order valence-electron chi connectivity index (χ0n) is 12.2. The molecule has 1 heterocycles. The third kappa shape index (κ3) is 2.68. The standard InChI is InChI=1S/C16H17NO5/c1-21-16(20)14(18)17-12-7-11(12)8-13(17)15(19)22-9-10-5-3-2-4-6-10/h2-6,11-13H,7-9H2,1H3/t11-,12-,13?/m1/s1. The molecule has 3 rings (SSSR count). The van der Waals surface area contributed by atoms with Gasteiger partial charge in [0.15, 0.2) is 0 Å². The summed E-state index contributed by atoms with van der Waals surface area (Å²) in [6.45, 7) is 0.158. The Bertz CT molecular complexity index is 600. The first-order chi connectivity index (χ1) is 10.6. The van der Waals surface area contributed by atoms with Gasteiger partial charge in [-0.25, -0.2) is 9.59 Å². The predicted octanol–water partition coefficient (Wildman–Crippen LogP) is 0.892. The van der Waals surface area contributed by atoms with Crippen LogP contribution in [0.4, 0.5) is 0 Å². The number of esters is 2. The summed E-state index contributed by atoms with van der Waals surface area (Å²) < 4.78 is 9.76. The largest absolute Gasteiger partial charge is 0.462 e. The number of likely N-dealkylation sites (tertiary alicyclic amines) is 1. The number of methoxy groups -OCH3 is 1. The van der Waals surface area contributed by atoms with Gasteiger partial charge in [-0.2, -0.15) is 0 Å². The van der Waals surface area contributed by atoms with Crippen molar-refractivity contribution in [1.82, 2.24) is 4.90 Å². The van der Waals surface area contributed by atoms with Gasteiger partial charge in [-0.15, -0.1) is 0 Å². The van der Waals surface area contributed by atoms with Crippen LogP contribution in [0.3, 0.4) is 0 Å². The number of fused-ring (bicyclic) bond motifs is 1. The molecule has 0 N–H and O–H groups in total. The first-order valence-corrected chi connectivity index (χ1v) is 7.23.